The molecule has 0 saturated carbocycles. The number of thiazole rings is 1. The van der Waals surface area contributed by atoms with E-state index < -0.39 is 11.9 Å². The zero-order valence-electron chi connectivity index (χ0n) is 16.1. The van der Waals surface area contributed by atoms with Crippen LogP contribution in [-0.4, -0.2) is 25.1 Å². The maximum Gasteiger partial charge on any atom is 0.297 e. The Hall–Kier alpha value is -3.65. The number of hydrogen-bond acceptors (Lipinski definition) is 7. The van der Waals surface area contributed by atoms with E-state index in [9.17, 15) is 9.59 Å². The average Bonchev–Trinajstić information content (AvgIpc) is 3.40. The molecule has 1 amide bonds. The molecule has 0 spiro atoms. The van der Waals surface area contributed by atoms with E-state index in [0.717, 1.165) is 5.56 Å². The molecular weight excluding hydrogens is 404 g/mol. The number of amides is 1. The predicted molar refractivity (Wildman–Crippen MR) is 113 cm³/mol. The van der Waals surface area contributed by atoms with E-state index in [1.54, 1.807) is 36.9 Å². The molecule has 5 rings (SSSR count). The normalized spacial score (nSPS) is 15.5. The number of nitrogens with zero attached hydrogens (tertiary/aromatic N) is 2. The van der Waals surface area contributed by atoms with Crippen LogP contribution in [0.3, 0.4) is 0 Å². The van der Waals surface area contributed by atoms with Crippen molar-refractivity contribution in [2.24, 2.45) is 0 Å². The molecule has 1 aliphatic heterocycles. The summed E-state index contributed by atoms with van der Waals surface area (Å²) in [5.41, 5.74) is 1.07. The molecule has 1 atom stereocenters. The van der Waals surface area contributed by atoms with Crippen molar-refractivity contribution in [2.45, 2.75) is 6.04 Å². The van der Waals surface area contributed by atoms with Crippen molar-refractivity contribution in [1.29, 1.82) is 0 Å². The lowest BCUT2D eigenvalue weighted by Crippen LogP contribution is -2.29. The van der Waals surface area contributed by atoms with Gasteiger partial charge in [-0.25, -0.2) is 4.98 Å². The average molecular weight is 420 g/mol. The highest BCUT2D eigenvalue weighted by atomic mass is 32.1. The molecule has 2 aromatic heterocycles. The summed E-state index contributed by atoms with van der Waals surface area (Å²) in [6.07, 6.45) is 1.62. The Balaban J connectivity index is 1.81. The quantitative estimate of drug-likeness (QED) is 0.496. The molecule has 0 radical (unpaired) electrons. The number of hydrogen-bond donors (Lipinski definition) is 0. The highest BCUT2D eigenvalue weighted by Crippen LogP contribution is 2.42. The summed E-state index contributed by atoms with van der Waals surface area (Å²) in [5, 5.41) is 2.65. The van der Waals surface area contributed by atoms with Crippen molar-refractivity contribution >= 4 is 33.3 Å². The number of rotatable bonds is 4. The van der Waals surface area contributed by atoms with Crippen molar-refractivity contribution in [3.05, 3.63) is 81.2 Å². The van der Waals surface area contributed by atoms with E-state index in [-0.39, 0.29) is 11.2 Å². The van der Waals surface area contributed by atoms with Gasteiger partial charge in [0, 0.05) is 17.6 Å². The topological polar surface area (TPSA) is 81.9 Å². The second-order valence-electron chi connectivity index (χ2n) is 6.71. The van der Waals surface area contributed by atoms with Crippen molar-refractivity contribution in [3.8, 4) is 11.5 Å². The van der Waals surface area contributed by atoms with Crippen LogP contribution in [0.15, 0.2) is 63.3 Å². The number of anilines is 1. The molecule has 7 nitrogen and oxygen atoms in total. The molecular formula is C22H16N2O5S. The molecule has 1 unspecified atom stereocenters. The summed E-state index contributed by atoms with van der Waals surface area (Å²) in [6, 6.07) is 11.6. The van der Waals surface area contributed by atoms with Gasteiger partial charge in [0.1, 0.15) is 17.1 Å². The summed E-state index contributed by atoms with van der Waals surface area (Å²) in [4.78, 5) is 32.7. The Bertz CT molecular complexity index is 1330. The van der Waals surface area contributed by atoms with Gasteiger partial charge in [0.25, 0.3) is 5.91 Å². The van der Waals surface area contributed by atoms with E-state index in [1.807, 2.05) is 24.3 Å². The lowest BCUT2D eigenvalue weighted by atomic mass is 9.98. The second-order valence-corrected chi connectivity index (χ2v) is 7.58. The second kappa shape index (κ2) is 7.00. The zero-order valence-corrected chi connectivity index (χ0v) is 16.9. The minimum atomic E-state index is -0.670. The Morgan fingerprint density at radius 1 is 1.07 bits per heavy atom. The SMILES string of the molecule is COc1cccc(C2c3c(oc4cc(OC)ccc4c3=O)C(=O)N2c2nccs2)c1. The van der Waals surface area contributed by atoms with Crippen LogP contribution in [0.2, 0.25) is 0 Å². The summed E-state index contributed by atoms with van der Waals surface area (Å²) in [6.45, 7) is 0. The lowest BCUT2D eigenvalue weighted by Gasteiger charge is -2.22. The number of methoxy groups -OCH3 is 2. The van der Waals surface area contributed by atoms with Crippen LogP contribution in [0.4, 0.5) is 5.13 Å². The number of fused-ring (bicyclic) bond motifs is 2. The first kappa shape index (κ1) is 18.4. The molecule has 8 heteroatoms. The van der Waals surface area contributed by atoms with E-state index in [2.05, 4.69) is 4.98 Å². The van der Waals surface area contributed by atoms with Gasteiger partial charge in [-0.3, -0.25) is 14.5 Å². The molecule has 0 saturated heterocycles. The first-order valence-electron chi connectivity index (χ1n) is 9.14. The maximum atomic E-state index is 13.5. The molecule has 2 aromatic carbocycles. The van der Waals surface area contributed by atoms with Gasteiger partial charge in [-0.05, 0) is 29.8 Å². The van der Waals surface area contributed by atoms with E-state index >= 15 is 0 Å². The highest BCUT2D eigenvalue weighted by Gasteiger charge is 2.44. The first-order chi connectivity index (χ1) is 14.6. The van der Waals surface area contributed by atoms with Gasteiger partial charge in [0.15, 0.2) is 10.6 Å². The third-order valence-electron chi connectivity index (χ3n) is 5.11. The van der Waals surface area contributed by atoms with Crippen LogP contribution in [0, 0.1) is 0 Å². The fourth-order valence-electron chi connectivity index (χ4n) is 3.74. The monoisotopic (exact) mass is 420 g/mol. The van der Waals surface area contributed by atoms with Gasteiger partial charge in [0.2, 0.25) is 5.76 Å². The summed E-state index contributed by atoms with van der Waals surface area (Å²) in [7, 11) is 3.10. The highest BCUT2D eigenvalue weighted by molar-refractivity contribution is 7.13. The van der Waals surface area contributed by atoms with E-state index in [0.29, 0.717) is 33.2 Å². The van der Waals surface area contributed by atoms with E-state index in [4.69, 9.17) is 13.9 Å². The predicted octanol–water partition coefficient (Wildman–Crippen LogP) is 4.02. The van der Waals surface area contributed by atoms with Gasteiger partial charge in [0.05, 0.1) is 31.2 Å². The summed E-state index contributed by atoms with van der Waals surface area (Å²) >= 11 is 1.32. The molecule has 0 N–H and O–H groups in total. The van der Waals surface area contributed by atoms with Crippen LogP contribution >= 0.6 is 11.3 Å². The minimum Gasteiger partial charge on any atom is -0.497 e. The van der Waals surface area contributed by atoms with Gasteiger partial charge in [-0.15, -0.1) is 11.3 Å². The Morgan fingerprint density at radius 2 is 1.87 bits per heavy atom. The standard InChI is InChI=1S/C22H16N2O5S/c1-27-13-5-3-4-12(10-13)18-17-19(25)15-7-6-14(28-2)11-16(15)29-20(17)21(26)24(18)22-23-8-9-30-22/h3-11,18H,1-2H3. The Labute approximate surface area is 175 Å². The fraction of sp³-hybridized carbons (Fsp3) is 0.136. The third kappa shape index (κ3) is 2.68. The molecule has 0 aliphatic carbocycles. The number of ether oxygens (including phenoxy) is 2. The Morgan fingerprint density at radius 3 is 2.60 bits per heavy atom. The van der Waals surface area contributed by atoms with Crippen LogP contribution < -0.4 is 19.8 Å². The smallest absolute Gasteiger partial charge is 0.297 e. The molecule has 4 aromatic rings. The van der Waals surface area contributed by atoms with Gasteiger partial charge in [-0.1, -0.05) is 12.1 Å². The van der Waals surface area contributed by atoms with E-state index in [1.165, 1.54) is 23.3 Å². The molecule has 150 valence electrons. The number of carbonyl (C=O) groups excluding carboxylic acids is 1. The minimum absolute atomic E-state index is 0.0174. The van der Waals surface area contributed by atoms with Gasteiger partial charge in [-0.2, -0.15) is 0 Å². The Kier molecular flexibility index (Phi) is 4.29. The van der Waals surface area contributed by atoms with Crippen molar-refractivity contribution in [3.63, 3.8) is 0 Å². The molecule has 0 fully saturated rings. The van der Waals surface area contributed by atoms with Crippen molar-refractivity contribution in [2.75, 3.05) is 19.1 Å². The molecule has 0 bridgehead atoms. The number of aromatic nitrogens is 1. The molecule has 30 heavy (non-hydrogen) atoms. The number of benzene rings is 2. The maximum absolute atomic E-state index is 13.5. The van der Waals surface area contributed by atoms with Crippen LogP contribution in [0.25, 0.3) is 11.0 Å². The lowest BCUT2D eigenvalue weighted by molar-refractivity contribution is 0.0971. The first-order valence-corrected chi connectivity index (χ1v) is 10.0. The summed E-state index contributed by atoms with van der Waals surface area (Å²) in [5.74, 6) is 0.776. The summed E-state index contributed by atoms with van der Waals surface area (Å²) < 4.78 is 16.5. The zero-order chi connectivity index (χ0) is 20.8. The largest absolute Gasteiger partial charge is 0.497 e. The van der Waals surface area contributed by atoms with Crippen molar-refractivity contribution < 1.29 is 18.7 Å². The third-order valence-corrected chi connectivity index (χ3v) is 5.88. The molecule has 3 heterocycles. The van der Waals surface area contributed by atoms with Gasteiger partial charge < -0.3 is 13.9 Å². The van der Waals surface area contributed by atoms with Crippen LogP contribution in [0.1, 0.15) is 27.7 Å². The van der Waals surface area contributed by atoms with Crippen LogP contribution in [0.5, 0.6) is 11.5 Å². The van der Waals surface area contributed by atoms with Crippen LogP contribution in [-0.2, 0) is 0 Å². The fourth-order valence-corrected chi connectivity index (χ4v) is 4.40. The molecule has 1 aliphatic rings. The number of carbonyl (C=O) groups is 1. The van der Waals surface area contributed by atoms with Gasteiger partial charge >= 0.3 is 0 Å². The van der Waals surface area contributed by atoms with Crippen molar-refractivity contribution in [1.82, 2.24) is 4.98 Å².